The van der Waals surface area contributed by atoms with Crippen LogP contribution in [0.15, 0.2) is 72.8 Å². The number of benzene rings is 3. The highest BCUT2D eigenvalue weighted by Crippen LogP contribution is 2.40. The molecule has 0 radical (unpaired) electrons. The van der Waals surface area contributed by atoms with Crippen molar-refractivity contribution in [3.8, 4) is 11.1 Å². The van der Waals surface area contributed by atoms with Gasteiger partial charge >= 0.3 is 5.97 Å². The van der Waals surface area contributed by atoms with Crippen LogP contribution >= 0.6 is 0 Å². The third-order valence-corrected chi connectivity index (χ3v) is 8.94. The number of hydrogen-bond acceptors (Lipinski definition) is 4. The van der Waals surface area contributed by atoms with E-state index in [9.17, 15) is 11.0 Å². The highest BCUT2D eigenvalue weighted by atomic mass is 16.5. The molecule has 2 unspecified atom stereocenters. The molecule has 0 aliphatic heterocycles. The fourth-order valence-electron chi connectivity index (χ4n) is 6.54. The minimum atomic E-state index is -0.873. The third kappa shape index (κ3) is 6.83. The highest BCUT2D eigenvalue weighted by molar-refractivity contribution is 5.95. The molecule has 0 bridgehead atoms. The van der Waals surface area contributed by atoms with Crippen molar-refractivity contribution in [1.82, 2.24) is 0 Å². The lowest BCUT2D eigenvalue weighted by Gasteiger charge is -2.32. The van der Waals surface area contributed by atoms with E-state index in [1.54, 1.807) is 4.90 Å². The summed E-state index contributed by atoms with van der Waals surface area (Å²) in [5.74, 6) is -0.312. The van der Waals surface area contributed by atoms with Crippen molar-refractivity contribution in [3.05, 3.63) is 83.9 Å². The van der Waals surface area contributed by atoms with Crippen molar-refractivity contribution in [3.63, 3.8) is 0 Å². The maximum Gasteiger partial charge on any atom is 0.309 e. The summed E-state index contributed by atoms with van der Waals surface area (Å²) in [5.41, 5.74) is 5.90. The quantitative estimate of drug-likeness (QED) is 0.265. The van der Waals surface area contributed by atoms with Crippen molar-refractivity contribution in [1.29, 1.82) is 0 Å². The number of rotatable bonds is 8. The molecule has 2 saturated carbocycles. The topological polar surface area (TPSA) is 49.9 Å². The van der Waals surface area contributed by atoms with Crippen LogP contribution in [0.5, 0.6) is 0 Å². The van der Waals surface area contributed by atoms with Crippen molar-refractivity contribution in [2.45, 2.75) is 70.2 Å². The van der Waals surface area contributed by atoms with E-state index in [1.165, 1.54) is 7.11 Å². The van der Waals surface area contributed by atoms with E-state index in [0.717, 1.165) is 91.4 Å². The summed E-state index contributed by atoms with van der Waals surface area (Å²) in [7, 11) is 5.52. The van der Waals surface area contributed by atoms with Gasteiger partial charge in [-0.15, -0.1) is 0 Å². The van der Waals surface area contributed by atoms with Gasteiger partial charge in [0.15, 0.2) is 0 Å². The molecule has 1 amide bonds. The Morgan fingerprint density at radius 2 is 1.44 bits per heavy atom. The molecule has 5 heteroatoms. The second-order valence-electron chi connectivity index (χ2n) is 11.9. The van der Waals surface area contributed by atoms with Gasteiger partial charge in [0.2, 0.25) is 5.91 Å². The molecule has 2 fully saturated rings. The number of amides is 1. The fraction of sp³-hybridized carbons (Fsp3) is 0.444. The zero-order valence-corrected chi connectivity index (χ0v) is 24.7. The van der Waals surface area contributed by atoms with Gasteiger partial charge in [0.05, 0.1) is 20.9 Å². The van der Waals surface area contributed by atoms with Gasteiger partial charge in [-0.3, -0.25) is 9.59 Å². The van der Waals surface area contributed by atoms with Gasteiger partial charge in [-0.1, -0.05) is 80.6 Å². The standard InChI is InChI=1S/C36H44N2O3/c1-37(2)31-22-20-28(21-23-31)27-18-16-26(17-19-27)25-38(35(39)29-10-5-4-6-11-29)32-13-9-12-30(24-32)33-14-7-8-15-34(33)36(40)41-3/h9,12-13,16-24,29,33-34H,4-8,10-11,14-15,25H2,1-3H3/t33?,34-/m1/s1/i25D/t25?,33?,34-. The molecule has 5 rings (SSSR count). The summed E-state index contributed by atoms with van der Waals surface area (Å²) in [6.07, 6.45) is 8.84. The Morgan fingerprint density at radius 3 is 2.10 bits per heavy atom. The summed E-state index contributed by atoms with van der Waals surface area (Å²) >= 11 is 0. The average molecular weight is 554 g/mol. The maximum atomic E-state index is 14.1. The first kappa shape index (κ1) is 27.6. The second-order valence-corrected chi connectivity index (χ2v) is 11.9. The van der Waals surface area contributed by atoms with Crippen LogP contribution in [-0.4, -0.2) is 33.1 Å². The van der Waals surface area contributed by atoms with Crippen LogP contribution in [0.2, 0.25) is 0 Å². The molecule has 2 aliphatic carbocycles. The van der Waals surface area contributed by atoms with Gasteiger partial charge in [0.1, 0.15) is 0 Å². The number of hydrogen-bond donors (Lipinski definition) is 0. The number of esters is 1. The SMILES string of the molecule is [2H]C(c1ccc(-c2ccc(N(C)C)cc2)cc1)N(C(=O)C1CCCCC1)c1cccc(C2CCCC[C@H]2C(=O)OC)c1. The zero-order chi connectivity index (χ0) is 29.6. The van der Waals surface area contributed by atoms with Gasteiger partial charge in [-0.2, -0.15) is 0 Å². The third-order valence-electron chi connectivity index (χ3n) is 8.94. The first-order chi connectivity index (χ1) is 20.4. The monoisotopic (exact) mass is 553 g/mol. The van der Waals surface area contributed by atoms with Gasteiger partial charge in [0.25, 0.3) is 0 Å². The average Bonchev–Trinajstić information content (AvgIpc) is 3.05. The maximum absolute atomic E-state index is 14.1. The predicted molar refractivity (Wildman–Crippen MR) is 167 cm³/mol. The van der Waals surface area contributed by atoms with Crippen LogP contribution < -0.4 is 9.80 Å². The Balaban J connectivity index is 1.46. The number of anilines is 2. The number of ether oxygens (including phenoxy) is 1. The van der Waals surface area contributed by atoms with E-state index in [0.29, 0.717) is 0 Å². The van der Waals surface area contributed by atoms with Crippen LogP contribution in [0.3, 0.4) is 0 Å². The molecule has 2 aliphatic rings. The number of carbonyl (C=O) groups excluding carboxylic acids is 2. The molecule has 0 N–H and O–H groups in total. The normalized spacial score (nSPS) is 20.5. The Hall–Kier alpha value is -3.60. The summed E-state index contributed by atoms with van der Waals surface area (Å²) < 4.78 is 14.5. The van der Waals surface area contributed by atoms with Gasteiger partial charge < -0.3 is 14.5 Å². The molecule has 3 aromatic rings. The lowest BCUT2D eigenvalue weighted by Crippen LogP contribution is -2.37. The smallest absolute Gasteiger partial charge is 0.309 e. The van der Waals surface area contributed by atoms with Crippen LogP contribution in [0, 0.1) is 11.8 Å². The summed E-state index contributed by atoms with van der Waals surface area (Å²) in [4.78, 5) is 30.5. The van der Waals surface area contributed by atoms with E-state index in [2.05, 4.69) is 41.3 Å². The molecular formula is C36H44N2O3. The molecule has 0 saturated heterocycles. The minimum absolute atomic E-state index is 0.0309. The zero-order valence-electron chi connectivity index (χ0n) is 25.7. The number of carbonyl (C=O) groups is 2. The fourth-order valence-corrected chi connectivity index (χ4v) is 6.54. The molecule has 0 aromatic heterocycles. The first-order valence-corrected chi connectivity index (χ1v) is 15.2. The van der Waals surface area contributed by atoms with Gasteiger partial charge in [-0.25, -0.2) is 0 Å². The van der Waals surface area contributed by atoms with Crippen LogP contribution in [0.1, 0.15) is 76.2 Å². The summed E-state index contributed by atoms with van der Waals surface area (Å²) in [6, 6.07) is 24.5. The van der Waals surface area contributed by atoms with E-state index < -0.39 is 6.52 Å². The molecule has 41 heavy (non-hydrogen) atoms. The highest BCUT2D eigenvalue weighted by Gasteiger charge is 2.34. The van der Waals surface area contributed by atoms with Gasteiger partial charge in [0, 0.05) is 31.4 Å². The van der Waals surface area contributed by atoms with Crippen LogP contribution in [-0.2, 0) is 20.8 Å². The Morgan fingerprint density at radius 1 is 0.805 bits per heavy atom. The summed E-state index contributed by atoms with van der Waals surface area (Å²) in [6.45, 7) is -0.873. The molecule has 0 spiro atoms. The molecule has 0 heterocycles. The molecule has 3 atom stereocenters. The van der Waals surface area contributed by atoms with E-state index in [4.69, 9.17) is 4.74 Å². The first-order valence-electron chi connectivity index (χ1n) is 15.8. The molecule has 3 aromatic carbocycles. The van der Waals surface area contributed by atoms with E-state index in [-0.39, 0.29) is 29.6 Å². The Bertz CT molecular complexity index is 1350. The largest absolute Gasteiger partial charge is 0.469 e. The van der Waals surface area contributed by atoms with E-state index in [1.807, 2.05) is 50.5 Å². The van der Waals surface area contributed by atoms with Crippen molar-refractivity contribution in [2.24, 2.45) is 11.8 Å². The Labute approximate surface area is 246 Å². The van der Waals surface area contributed by atoms with E-state index >= 15 is 0 Å². The van der Waals surface area contributed by atoms with Crippen molar-refractivity contribution >= 4 is 23.3 Å². The number of methoxy groups -OCH3 is 1. The van der Waals surface area contributed by atoms with Crippen molar-refractivity contribution in [2.75, 3.05) is 31.0 Å². The van der Waals surface area contributed by atoms with Crippen molar-refractivity contribution < 1.29 is 15.7 Å². The number of nitrogens with zero attached hydrogens (tertiary/aromatic N) is 2. The predicted octanol–water partition coefficient (Wildman–Crippen LogP) is 7.98. The van der Waals surface area contributed by atoms with Gasteiger partial charge in [-0.05, 0) is 78.1 Å². The summed E-state index contributed by atoms with van der Waals surface area (Å²) in [5, 5.41) is 0. The molecular weight excluding hydrogens is 508 g/mol. The minimum Gasteiger partial charge on any atom is -0.469 e. The van der Waals surface area contributed by atoms with Crippen LogP contribution in [0.4, 0.5) is 11.4 Å². The molecule has 216 valence electrons. The second kappa shape index (κ2) is 13.4. The Kier molecular flexibility index (Phi) is 8.99. The lowest BCUT2D eigenvalue weighted by molar-refractivity contribution is -0.147. The lowest BCUT2D eigenvalue weighted by atomic mass is 9.75. The molecule has 5 nitrogen and oxygen atoms in total. The van der Waals surface area contributed by atoms with Crippen LogP contribution in [0.25, 0.3) is 11.1 Å².